The van der Waals surface area contributed by atoms with Crippen LogP contribution >= 0.6 is 11.6 Å². The molecule has 6 nitrogen and oxygen atoms in total. The summed E-state index contributed by atoms with van der Waals surface area (Å²) in [7, 11) is -3.57. The number of aromatic nitrogens is 2. The summed E-state index contributed by atoms with van der Waals surface area (Å²) in [5, 5.41) is 20.0. The van der Waals surface area contributed by atoms with Crippen molar-refractivity contribution in [3.8, 4) is 0 Å². The summed E-state index contributed by atoms with van der Waals surface area (Å²) in [5.74, 6) is 0.241. The van der Waals surface area contributed by atoms with Gasteiger partial charge in [-0.15, -0.1) is 10.2 Å². The third-order valence-corrected chi connectivity index (χ3v) is 4.63. The lowest BCUT2D eigenvalue weighted by Gasteiger charge is -2.08. The van der Waals surface area contributed by atoms with Crippen LogP contribution in [0.5, 0.6) is 0 Å². The predicted molar refractivity (Wildman–Crippen MR) is 84.5 cm³/mol. The van der Waals surface area contributed by atoms with Crippen molar-refractivity contribution in [1.29, 1.82) is 0 Å². The molecule has 1 heterocycles. The maximum Gasteiger partial charge on any atom is 0.201 e. The van der Waals surface area contributed by atoms with Crippen molar-refractivity contribution in [2.45, 2.75) is 23.8 Å². The third kappa shape index (κ3) is 4.66. The molecule has 0 unspecified atom stereocenters. The lowest BCUT2D eigenvalue weighted by Crippen LogP contribution is -2.16. The number of hydrogen-bond donors (Lipinski definition) is 2. The van der Waals surface area contributed by atoms with Crippen molar-refractivity contribution in [3.05, 3.63) is 47.0 Å². The molecule has 0 saturated heterocycles. The van der Waals surface area contributed by atoms with Gasteiger partial charge in [0.25, 0.3) is 0 Å². The highest BCUT2D eigenvalue weighted by molar-refractivity contribution is 7.90. The number of aliphatic hydroxyl groups is 1. The van der Waals surface area contributed by atoms with E-state index in [0.717, 1.165) is 0 Å². The maximum atomic E-state index is 12.3. The van der Waals surface area contributed by atoms with Gasteiger partial charge in [-0.3, -0.25) is 0 Å². The molecule has 2 N–H and O–H groups in total. The van der Waals surface area contributed by atoms with E-state index in [1.54, 1.807) is 31.2 Å². The molecule has 1 atom stereocenters. The van der Waals surface area contributed by atoms with Crippen molar-refractivity contribution in [2.75, 3.05) is 11.9 Å². The molecule has 0 amide bonds. The molecule has 0 bridgehead atoms. The molecule has 0 fully saturated rings. The molecule has 8 heteroatoms. The number of rotatable bonds is 6. The molecule has 118 valence electrons. The Balaban J connectivity index is 2.10. The molecule has 1 aromatic carbocycles. The minimum Gasteiger partial charge on any atom is -0.392 e. The van der Waals surface area contributed by atoms with E-state index in [9.17, 15) is 8.42 Å². The number of anilines is 1. The Morgan fingerprint density at radius 3 is 2.41 bits per heavy atom. The fraction of sp³-hybridized carbons (Fsp3) is 0.286. The van der Waals surface area contributed by atoms with Crippen LogP contribution in [0, 0.1) is 0 Å². The van der Waals surface area contributed by atoms with Gasteiger partial charge < -0.3 is 10.4 Å². The van der Waals surface area contributed by atoms with Crippen molar-refractivity contribution >= 4 is 27.3 Å². The summed E-state index contributed by atoms with van der Waals surface area (Å²) < 4.78 is 24.5. The van der Waals surface area contributed by atoms with Gasteiger partial charge in [0.05, 0.1) is 11.9 Å². The first kappa shape index (κ1) is 16.7. The van der Waals surface area contributed by atoms with Crippen LogP contribution in [-0.2, 0) is 15.6 Å². The lowest BCUT2D eigenvalue weighted by atomic mass is 10.2. The van der Waals surface area contributed by atoms with Gasteiger partial charge in [-0.05, 0) is 36.8 Å². The Labute approximate surface area is 134 Å². The summed E-state index contributed by atoms with van der Waals surface area (Å²) in [6.07, 6.45) is -0.532. The minimum atomic E-state index is -3.57. The van der Waals surface area contributed by atoms with Crippen LogP contribution in [-0.4, -0.2) is 36.4 Å². The molecule has 2 aromatic rings. The predicted octanol–water partition coefficient (Wildman–Crippen LogP) is 1.90. The first-order valence-corrected chi connectivity index (χ1v) is 8.63. The Kier molecular flexibility index (Phi) is 5.33. The molecule has 0 aliphatic carbocycles. The third-order valence-electron chi connectivity index (χ3n) is 2.81. The van der Waals surface area contributed by atoms with E-state index in [0.29, 0.717) is 22.9 Å². The summed E-state index contributed by atoms with van der Waals surface area (Å²) in [6.45, 7) is 1.94. The fourth-order valence-electron chi connectivity index (χ4n) is 1.71. The maximum absolute atomic E-state index is 12.3. The SMILES string of the molecule is C[C@H](O)CNc1ccc(S(=O)(=O)Cc2ccc(Cl)cc2)nn1. The Morgan fingerprint density at radius 2 is 1.86 bits per heavy atom. The van der Waals surface area contributed by atoms with Crippen molar-refractivity contribution in [3.63, 3.8) is 0 Å². The smallest absolute Gasteiger partial charge is 0.201 e. The first-order chi connectivity index (χ1) is 10.4. The first-order valence-electron chi connectivity index (χ1n) is 6.60. The van der Waals surface area contributed by atoms with Crippen LogP contribution in [0.2, 0.25) is 5.02 Å². The van der Waals surface area contributed by atoms with E-state index in [2.05, 4.69) is 15.5 Å². The fourth-order valence-corrected chi connectivity index (χ4v) is 3.05. The van der Waals surface area contributed by atoms with Gasteiger partial charge in [-0.2, -0.15) is 0 Å². The van der Waals surface area contributed by atoms with Gasteiger partial charge in [0.1, 0.15) is 5.82 Å². The standard InChI is InChI=1S/C14H16ClN3O3S/c1-10(19)8-16-13-6-7-14(18-17-13)22(20,21)9-11-2-4-12(15)5-3-11/h2-7,10,19H,8-9H2,1H3,(H,16,17)/t10-/m0/s1. The highest BCUT2D eigenvalue weighted by Crippen LogP contribution is 2.17. The number of aliphatic hydroxyl groups excluding tert-OH is 1. The average molecular weight is 342 g/mol. The largest absolute Gasteiger partial charge is 0.392 e. The van der Waals surface area contributed by atoms with Crippen LogP contribution < -0.4 is 5.32 Å². The van der Waals surface area contributed by atoms with E-state index in [1.165, 1.54) is 12.1 Å². The normalized spacial score (nSPS) is 12.9. The van der Waals surface area contributed by atoms with E-state index in [4.69, 9.17) is 16.7 Å². The molecule has 0 spiro atoms. The molecular weight excluding hydrogens is 326 g/mol. The summed E-state index contributed by atoms with van der Waals surface area (Å²) in [4.78, 5) is 0. The average Bonchev–Trinajstić information content (AvgIpc) is 2.48. The van der Waals surface area contributed by atoms with E-state index in [1.807, 2.05) is 0 Å². The molecule has 0 radical (unpaired) electrons. The van der Waals surface area contributed by atoms with Crippen molar-refractivity contribution < 1.29 is 13.5 Å². The molecule has 2 rings (SSSR count). The highest BCUT2D eigenvalue weighted by atomic mass is 35.5. The number of halogens is 1. The number of nitrogens with one attached hydrogen (secondary N) is 1. The van der Waals surface area contributed by atoms with Gasteiger partial charge in [0.2, 0.25) is 9.84 Å². The zero-order valence-electron chi connectivity index (χ0n) is 11.9. The lowest BCUT2D eigenvalue weighted by molar-refractivity contribution is 0.208. The summed E-state index contributed by atoms with van der Waals surface area (Å²) in [6, 6.07) is 9.51. The molecule has 0 saturated carbocycles. The summed E-state index contributed by atoms with van der Waals surface area (Å²) >= 11 is 5.77. The van der Waals surface area contributed by atoms with Crippen LogP contribution in [0.15, 0.2) is 41.4 Å². The second kappa shape index (κ2) is 7.04. The van der Waals surface area contributed by atoms with Gasteiger partial charge in [-0.25, -0.2) is 8.42 Å². The van der Waals surface area contributed by atoms with Crippen LogP contribution in [0.25, 0.3) is 0 Å². The molecule has 1 aromatic heterocycles. The van der Waals surface area contributed by atoms with Gasteiger partial charge in [0.15, 0.2) is 5.03 Å². The van der Waals surface area contributed by atoms with Crippen LogP contribution in [0.1, 0.15) is 12.5 Å². The highest BCUT2D eigenvalue weighted by Gasteiger charge is 2.17. The van der Waals surface area contributed by atoms with E-state index >= 15 is 0 Å². The minimum absolute atomic E-state index is 0.0925. The number of hydrogen-bond acceptors (Lipinski definition) is 6. The van der Waals surface area contributed by atoms with Crippen molar-refractivity contribution in [2.24, 2.45) is 0 Å². The van der Waals surface area contributed by atoms with Gasteiger partial charge in [0, 0.05) is 11.6 Å². The molecule has 0 aliphatic heterocycles. The van der Waals surface area contributed by atoms with Crippen LogP contribution in [0.3, 0.4) is 0 Å². The Hall–Kier alpha value is -1.70. The number of benzene rings is 1. The van der Waals surface area contributed by atoms with E-state index < -0.39 is 15.9 Å². The second-order valence-corrected chi connectivity index (χ2v) is 7.25. The molecule has 0 aliphatic rings. The Bertz CT molecular complexity index is 716. The number of nitrogens with zero attached hydrogens (tertiary/aromatic N) is 2. The van der Waals surface area contributed by atoms with Gasteiger partial charge >= 0.3 is 0 Å². The quantitative estimate of drug-likeness (QED) is 0.833. The van der Waals surface area contributed by atoms with Gasteiger partial charge in [-0.1, -0.05) is 23.7 Å². The topological polar surface area (TPSA) is 92.2 Å². The number of sulfone groups is 1. The monoisotopic (exact) mass is 341 g/mol. The Morgan fingerprint density at radius 1 is 1.18 bits per heavy atom. The second-order valence-electron chi connectivity index (χ2n) is 4.87. The van der Waals surface area contributed by atoms with Crippen LogP contribution in [0.4, 0.5) is 5.82 Å². The summed E-state index contributed by atoms with van der Waals surface area (Å²) in [5.41, 5.74) is 0.627. The zero-order chi connectivity index (χ0) is 16.2. The van der Waals surface area contributed by atoms with E-state index in [-0.39, 0.29) is 10.8 Å². The molecule has 22 heavy (non-hydrogen) atoms. The zero-order valence-corrected chi connectivity index (χ0v) is 13.5. The molecular formula is C14H16ClN3O3S. The van der Waals surface area contributed by atoms with Crippen molar-refractivity contribution in [1.82, 2.24) is 10.2 Å².